The number of hydrogen-bond donors (Lipinski definition) is 1. The minimum absolute atomic E-state index is 0.148. The maximum atomic E-state index is 12.6. The Hall–Kier alpha value is -2.83. The molecule has 0 aliphatic heterocycles. The lowest BCUT2D eigenvalue weighted by molar-refractivity contribution is -0.137. The Morgan fingerprint density at radius 3 is 2.19 bits per heavy atom. The van der Waals surface area contributed by atoms with Crippen molar-refractivity contribution >= 4 is 17.5 Å². The van der Waals surface area contributed by atoms with Crippen LogP contribution in [0, 0.1) is 0 Å². The summed E-state index contributed by atoms with van der Waals surface area (Å²) in [7, 11) is 0. The largest absolute Gasteiger partial charge is 0.416 e. The SMILES string of the molecule is CC(=O)N(CCCc1ccccc1)CC(=O)Nc1ccc(C(F)(F)F)cc1. The third-order valence-electron chi connectivity index (χ3n) is 4.01. The second-order valence-corrected chi connectivity index (χ2v) is 6.15. The number of benzene rings is 2. The molecule has 0 bridgehead atoms. The number of carbonyl (C=O) groups excluding carboxylic acids is 2. The Morgan fingerprint density at radius 1 is 1.00 bits per heavy atom. The minimum atomic E-state index is -4.42. The number of halogens is 3. The molecule has 0 unspecified atom stereocenters. The highest BCUT2D eigenvalue weighted by Gasteiger charge is 2.30. The summed E-state index contributed by atoms with van der Waals surface area (Å²) in [4.78, 5) is 25.3. The fourth-order valence-corrected chi connectivity index (χ4v) is 2.58. The zero-order chi connectivity index (χ0) is 19.9. The van der Waals surface area contributed by atoms with Gasteiger partial charge >= 0.3 is 6.18 Å². The second-order valence-electron chi connectivity index (χ2n) is 6.15. The van der Waals surface area contributed by atoms with Gasteiger partial charge in [0.05, 0.1) is 12.1 Å². The van der Waals surface area contributed by atoms with Gasteiger partial charge in [-0.25, -0.2) is 0 Å². The van der Waals surface area contributed by atoms with Gasteiger partial charge in [0.15, 0.2) is 0 Å². The van der Waals surface area contributed by atoms with Gasteiger partial charge in [0.25, 0.3) is 0 Å². The van der Waals surface area contributed by atoms with E-state index in [1.165, 1.54) is 24.0 Å². The molecule has 0 aromatic heterocycles. The van der Waals surface area contributed by atoms with Crippen LogP contribution in [0.25, 0.3) is 0 Å². The van der Waals surface area contributed by atoms with Gasteiger partial charge < -0.3 is 10.2 Å². The van der Waals surface area contributed by atoms with Gasteiger partial charge in [0.2, 0.25) is 11.8 Å². The molecule has 2 aromatic rings. The number of carbonyl (C=O) groups is 2. The first-order chi connectivity index (χ1) is 12.8. The molecule has 7 heteroatoms. The molecule has 0 spiro atoms. The lowest BCUT2D eigenvalue weighted by Gasteiger charge is -2.20. The zero-order valence-electron chi connectivity index (χ0n) is 14.9. The number of amides is 2. The number of hydrogen-bond acceptors (Lipinski definition) is 2. The standard InChI is InChI=1S/C20H21F3N2O2/c1-15(26)25(13-5-8-16-6-3-2-4-7-16)14-19(27)24-18-11-9-17(10-12-18)20(21,22)23/h2-4,6-7,9-12H,5,8,13-14H2,1H3,(H,24,27). The van der Waals surface area contributed by atoms with Gasteiger partial charge in [-0.2, -0.15) is 13.2 Å². The molecule has 0 aliphatic rings. The number of anilines is 1. The maximum Gasteiger partial charge on any atom is 0.416 e. The van der Waals surface area contributed by atoms with E-state index in [1.807, 2.05) is 30.3 Å². The average Bonchev–Trinajstić information content (AvgIpc) is 2.61. The second kappa shape index (κ2) is 9.21. The summed E-state index contributed by atoms with van der Waals surface area (Å²) in [5.74, 6) is -0.685. The molecular formula is C20H21F3N2O2. The summed E-state index contributed by atoms with van der Waals surface area (Å²) in [6.07, 6.45) is -2.94. The van der Waals surface area contributed by atoms with E-state index < -0.39 is 17.6 Å². The topological polar surface area (TPSA) is 49.4 Å². The van der Waals surface area contributed by atoms with Gasteiger partial charge in [0, 0.05) is 19.2 Å². The summed E-state index contributed by atoms with van der Waals surface area (Å²) in [5, 5.41) is 2.51. The normalized spacial score (nSPS) is 11.1. The smallest absolute Gasteiger partial charge is 0.334 e. The summed E-state index contributed by atoms with van der Waals surface area (Å²) in [5.41, 5.74) is 0.614. The lowest BCUT2D eigenvalue weighted by Crippen LogP contribution is -2.37. The summed E-state index contributed by atoms with van der Waals surface area (Å²) >= 11 is 0. The van der Waals surface area contributed by atoms with E-state index in [0.717, 1.165) is 24.1 Å². The fourth-order valence-electron chi connectivity index (χ4n) is 2.58. The average molecular weight is 378 g/mol. The van der Waals surface area contributed by atoms with Crippen molar-refractivity contribution < 1.29 is 22.8 Å². The van der Waals surface area contributed by atoms with Crippen LogP contribution >= 0.6 is 0 Å². The monoisotopic (exact) mass is 378 g/mol. The molecule has 144 valence electrons. The molecule has 1 N–H and O–H groups in total. The van der Waals surface area contributed by atoms with Crippen molar-refractivity contribution in [2.75, 3.05) is 18.4 Å². The first-order valence-corrected chi connectivity index (χ1v) is 8.52. The van der Waals surface area contributed by atoms with Crippen molar-refractivity contribution in [2.24, 2.45) is 0 Å². The molecule has 0 fully saturated rings. The molecule has 0 radical (unpaired) electrons. The lowest BCUT2D eigenvalue weighted by atomic mass is 10.1. The van der Waals surface area contributed by atoms with E-state index in [1.54, 1.807) is 0 Å². The highest BCUT2D eigenvalue weighted by molar-refractivity contribution is 5.94. The number of aryl methyl sites for hydroxylation is 1. The van der Waals surface area contributed by atoms with Crippen LogP contribution in [0.5, 0.6) is 0 Å². The van der Waals surface area contributed by atoms with E-state index in [2.05, 4.69) is 5.32 Å². The Balaban J connectivity index is 1.86. The Labute approximate surface area is 156 Å². The molecule has 0 saturated carbocycles. The van der Waals surface area contributed by atoms with E-state index >= 15 is 0 Å². The van der Waals surface area contributed by atoms with E-state index in [-0.39, 0.29) is 18.1 Å². The molecule has 2 aromatic carbocycles. The fraction of sp³-hybridized carbons (Fsp3) is 0.300. The van der Waals surface area contributed by atoms with Gasteiger partial charge in [-0.3, -0.25) is 9.59 Å². The molecule has 27 heavy (non-hydrogen) atoms. The molecule has 0 aliphatic carbocycles. The molecule has 0 atom stereocenters. The van der Waals surface area contributed by atoms with Crippen LogP contribution in [0.2, 0.25) is 0 Å². The summed E-state index contributed by atoms with van der Waals surface area (Å²) in [6, 6.07) is 14.0. The van der Waals surface area contributed by atoms with Crippen LogP contribution in [-0.2, 0) is 22.2 Å². The van der Waals surface area contributed by atoms with Crippen molar-refractivity contribution in [3.8, 4) is 0 Å². The predicted molar refractivity (Wildman–Crippen MR) is 97.1 cm³/mol. The van der Waals surface area contributed by atoms with Crippen molar-refractivity contribution in [2.45, 2.75) is 25.9 Å². The first-order valence-electron chi connectivity index (χ1n) is 8.52. The van der Waals surface area contributed by atoms with Crippen molar-refractivity contribution in [1.29, 1.82) is 0 Å². The van der Waals surface area contributed by atoms with Crippen molar-refractivity contribution in [1.82, 2.24) is 4.90 Å². The van der Waals surface area contributed by atoms with Crippen LogP contribution < -0.4 is 5.32 Å². The Bertz CT molecular complexity index is 759. The molecule has 4 nitrogen and oxygen atoms in total. The van der Waals surface area contributed by atoms with Gasteiger partial charge in [0.1, 0.15) is 0 Å². The first kappa shape index (κ1) is 20.5. The minimum Gasteiger partial charge on any atom is -0.334 e. The number of alkyl halides is 3. The van der Waals surface area contributed by atoms with E-state index in [0.29, 0.717) is 13.0 Å². The van der Waals surface area contributed by atoms with Crippen LogP contribution in [0.15, 0.2) is 54.6 Å². The quantitative estimate of drug-likeness (QED) is 0.788. The molecule has 0 heterocycles. The van der Waals surface area contributed by atoms with Crippen molar-refractivity contribution in [3.63, 3.8) is 0 Å². The van der Waals surface area contributed by atoms with Crippen LogP contribution in [0.4, 0.5) is 18.9 Å². The Kier molecular flexibility index (Phi) is 6.98. The van der Waals surface area contributed by atoms with Gasteiger partial charge in [-0.15, -0.1) is 0 Å². The van der Waals surface area contributed by atoms with Crippen LogP contribution in [0.3, 0.4) is 0 Å². The van der Waals surface area contributed by atoms with Crippen LogP contribution in [0.1, 0.15) is 24.5 Å². The third kappa shape index (κ3) is 6.77. The summed E-state index contributed by atoms with van der Waals surface area (Å²) < 4.78 is 37.7. The molecular weight excluding hydrogens is 357 g/mol. The highest BCUT2D eigenvalue weighted by Crippen LogP contribution is 2.29. The number of rotatable bonds is 7. The van der Waals surface area contributed by atoms with Gasteiger partial charge in [-0.1, -0.05) is 30.3 Å². The number of nitrogens with one attached hydrogen (secondary N) is 1. The zero-order valence-corrected chi connectivity index (χ0v) is 14.9. The molecule has 2 rings (SSSR count). The van der Waals surface area contributed by atoms with Crippen molar-refractivity contribution in [3.05, 3.63) is 65.7 Å². The summed E-state index contributed by atoms with van der Waals surface area (Å²) in [6.45, 7) is 1.66. The van der Waals surface area contributed by atoms with E-state index in [4.69, 9.17) is 0 Å². The number of nitrogens with zero attached hydrogens (tertiary/aromatic N) is 1. The van der Waals surface area contributed by atoms with Gasteiger partial charge in [-0.05, 0) is 42.7 Å². The predicted octanol–water partition coefficient (Wildman–Crippen LogP) is 4.13. The Morgan fingerprint density at radius 2 is 1.63 bits per heavy atom. The molecule has 2 amide bonds. The van der Waals surface area contributed by atoms with Crippen LogP contribution in [-0.4, -0.2) is 29.8 Å². The molecule has 0 saturated heterocycles. The third-order valence-corrected chi connectivity index (χ3v) is 4.01. The highest BCUT2D eigenvalue weighted by atomic mass is 19.4. The maximum absolute atomic E-state index is 12.6. The van der Waals surface area contributed by atoms with E-state index in [9.17, 15) is 22.8 Å².